The van der Waals surface area contributed by atoms with Crippen LogP contribution in [0.25, 0.3) is 0 Å². The second kappa shape index (κ2) is 6.47. The molecule has 0 unspecified atom stereocenters. The Morgan fingerprint density at radius 1 is 1.26 bits per heavy atom. The number of carbonyl (C=O) groups excluding carboxylic acids is 2. The zero-order valence-electron chi connectivity index (χ0n) is 17.8. The van der Waals surface area contributed by atoms with E-state index in [0.717, 1.165) is 6.42 Å². The van der Waals surface area contributed by atoms with Gasteiger partial charge in [0.15, 0.2) is 11.5 Å². The van der Waals surface area contributed by atoms with Gasteiger partial charge in [0, 0.05) is 47.3 Å². The Bertz CT molecular complexity index is 998. The van der Waals surface area contributed by atoms with Crippen molar-refractivity contribution in [2.75, 3.05) is 33.9 Å². The molecule has 5 heterocycles. The quantitative estimate of drug-likeness (QED) is 0.559. The number of rotatable bonds is 2. The zero-order chi connectivity index (χ0) is 21.8. The van der Waals surface area contributed by atoms with Gasteiger partial charge >= 0.3 is 0 Å². The maximum Gasteiger partial charge on any atom is 0.226 e. The number of hydrogen-bond acceptors (Lipinski definition) is 9. The van der Waals surface area contributed by atoms with Crippen LogP contribution in [-0.4, -0.2) is 108 Å². The third-order valence-corrected chi connectivity index (χ3v) is 8.50. The topological polar surface area (TPSA) is 106 Å². The van der Waals surface area contributed by atoms with Crippen LogP contribution in [0.15, 0.2) is 22.5 Å². The van der Waals surface area contributed by atoms with Crippen molar-refractivity contribution in [3.8, 4) is 6.07 Å². The lowest BCUT2D eigenvalue weighted by Gasteiger charge is -2.61. The summed E-state index contributed by atoms with van der Waals surface area (Å²) >= 11 is 0. The van der Waals surface area contributed by atoms with E-state index in [1.54, 1.807) is 6.92 Å². The van der Waals surface area contributed by atoms with Crippen molar-refractivity contribution in [2.24, 2.45) is 5.92 Å². The summed E-state index contributed by atoms with van der Waals surface area (Å²) in [5, 5.41) is 20.7. The molecule has 5 aliphatic heterocycles. The molecule has 0 aromatic carbocycles. The van der Waals surface area contributed by atoms with Crippen LogP contribution in [0.3, 0.4) is 0 Å². The van der Waals surface area contributed by atoms with Gasteiger partial charge in [0.2, 0.25) is 5.78 Å². The highest BCUT2D eigenvalue weighted by Gasteiger charge is 2.68. The van der Waals surface area contributed by atoms with Crippen LogP contribution in [-0.2, 0) is 19.1 Å². The lowest BCUT2D eigenvalue weighted by atomic mass is 9.69. The first-order valence-corrected chi connectivity index (χ1v) is 10.9. The van der Waals surface area contributed by atoms with Crippen LogP contribution in [0, 0.1) is 17.2 Å². The summed E-state index contributed by atoms with van der Waals surface area (Å²) in [7, 11) is 3.44. The van der Waals surface area contributed by atoms with Crippen LogP contribution in [0.4, 0.5) is 0 Å². The number of nitrogens with zero attached hydrogens (tertiary/aromatic N) is 4. The van der Waals surface area contributed by atoms with E-state index in [1.807, 2.05) is 4.90 Å². The maximum absolute atomic E-state index is 13.6. The van der Waals surface area contributed by atoms with Gasteiger partial charge in [-0.25, -0.2) is 0 Å². The molecule has 1 aliphatic carbocycles. The number of carbonyl (C=O) groups is 2. The van der Waals surface area contributed by atoms with Crippen LogP contribution in [0.5, 0.6) is 0 Å². The number of allylic oxidation sites excluding steroid dienone is 2. The second-order valence-corrected chi connectivity index (χ2v) is 9.42. The van der Waals surface area contributed by atoms with Gasteiger partial charge < -0.3 is 14.6 Å². The first-order valence-electron chi connectivity index (χ1n) is 10.9. The highest BCUT2D eigenvalue weighted by molar-refractivity contribution is 6.25. The second-order valence-electron chi connectivity index (χ2n) is 9.42. The lowest BCUT2D eigenvalue weighted by molar-refractivity contribution is -0.145. The average Bonchev–Trinajstić information content (AvgIpc) is 3.34. The minimum atomic E-state index is -0.701. The highest BCUT2D eigenvalue weighted by Crippen LogP contribution is 2.54. The van der Waals surface area contributed by atoms with E-state index in [4.69, 9.17) is 9.47 Å². The molecule has 1 N–H and O–H groups in total. The minimum absolute atomic E-state index is 0.00850. The normalized spacial score (nSPS) is 44.5. The number of aliphatic hydroxyl groups excluding tert-OH is 1. The van der Waals surface area contributed by atoms with Gasteiger partial charge in [-0.15, -0.1) is 0 Å². The number of likely N-dealkylation sites (N-methyl/N-ethyl adjacent to an activating group) is 1. The molecular weight excluding hydrogens is 400 g/mol. The summed E-state index contributed by atoms with van der Waals surface area (Å²) in [6.07, 6.45) is 0.694. The molecule has 6 aliphatic rings. The van der Waals surface area contributed by atoms with Gasteiger partial charge in [-0.05, 0) is 20.4 Å². The van der Waals surface area contributed by atoms with Crippen molar-refractivity contribution in [2.45, 2.75) is 55.8 Å². The van der Waals surface area contributed by atoms with Crippen molar-refractivity contribution >= 4 is 11.6 Å². The predicted molar refractivity (Wildman–Crippen MR) is 106 cm³/mol. The number of nitriles is 1. The van der Waals surface area contributed by atoms with E-state index in [-0.39, 0.29) is 60.2 Å². The van der Waals surface area contributed by atoms with Crippen LogP contribution in [0.2, 0.25) is 0 Å². The van der Waals surface area contributed by atoms with Crippen molar-refractivity contribution in [3.05, 3.63) is 22.5 Å². The maximum atomic E-state index is 13.6. The van der Waals surface area contributed by atoms with Gasteiger partial charge in [-0.3, -0.25) is 24.3 Å². The van der Waals surface area contributed by atoms with Crippen LogP contribution in [0.1, 0.15) is 13.3 Å². The van der Waals surface area contributed by atoms with Crippen LogP contribution >= 0.6 is 0 Å². The molecule has 0 spiro atoms. The first kappa shape index (κ1) is 19.6. The Kier molecular flexibility index (Phi) is 4.08. The Balaban J connectivity index is 1.63. The van der Waals surface area contributed by atoms with Gasteiger partial charge in [0.25, 0.3) is 0 Å². The number of ketones is 2. The summed E-state index contributed by atoms with van der Waals surface area (Å²) in [6.45, 7) is 2.56. The van der Waals surface area contributed by atoms with Crippen molar-refractivity contribution in [1.82, 2.24) is 14.7 Å². The predicted octanol–water partition coefficient (Wildman–Crippen LogP) is -0.965. The van der Waals surface area contributed by atoms with E-state index >= 15 is 0 Å². The third-order valence-electron chi connectivity index (χ3n) is 8.50. The molecule has 0 aromatic rings. The lowest BCUT2D eigenvalue weighted by Crippen LogP contribution is -2.78. The summed E-state index contributed by atoms with van der Waals surface area (Å²) in [5.41, 5.74) is 1.07. The summed E-state index contributed by atoms with van der Waals surface area (Å²) in [4.78, 5) is 33.7. The number of ether oxygens (including phenoxy) is 2. The smallest absolute Gasteiger partial charge is 0.226 e. The molecule has 4 saturated heterocycles. The molecule has 4 fully saturated rings. The first-order chi connectivity index (χ1) is 15.0. The number of aliphatic hydroxyl groups is 1. The van der Waals surface area contributed by atoms with Gasteiger partial charge in [0.05, 0.1) is 38.5 Å². The fraction of sp³-hybridized carbons (Fsp3) is 0.682. The van der Waals surface area contributed by atoms with Gasteiger partial charge in [-0.2, -0.15) is 5.26 Å². The molecule has 0 saturated carbocycles. The molecule has 9 nitrogen and oxygen atoms in total. The van der Waals surface area contributed by atoms with Gasteiger partial charge in [-0.1, -0.05) is 0 Å². The Hall–Kier alpha value is -2.09. The summed E-state index contributed by atoms with van der Waals surface area (Å²) in [5.74, 6) is -0.292. The minimum Gasteiger partial charge on any atom is -0.492 e. The largest absolute Gasteiger partial charge is 0.492 e. The van der Waals surface area contributed by atoms with Crippen molar-refractivity contribution in [3.63, 3.8) is 0 Å². The number of Topliss-reactive ketones (excluding diaryl/α,β-unsaturated/α-hetero) is 2. The molecule has 0 amide bonds. The number of hydrogen-bond donors (Lipinski definition) is 1. The Labute approximate surface area is 180 Å². The van der Waals surface area contributed by atoms with E-state index in [9.17, 15) is 20.0 Å². The fourth-order valence-electron chi connectivity index (χ4n) is 7.45. The summed E-state index contributed by atoms with van der Waals surface area (Å²) in [6, 6.07) is 0.854. The monoisotopic (exact) mass is 426 g/mol. The van der Waals surface area contributed by atoms with E-state index in [2.05, 4.69) is 22.9 Å². The molecule has 0 radical (unpaired) electrons. The number of methoxy groups -OCH3 is 1. The SMILES string of the molecule is COC1=C(C)C(=O)C2=C(C1=O)[C@H](CO)N1[C@@H]3[C@H]4[C@H](C[C@H]([C@@H]1C#N)N4C)[C@H]1OCCN1[C@H]23. The zero-order valence-corrected chi connectivity index (χ0v) is 17.8. The molecule has 164 valence electrons. The molecule has 2 bridgehead atoms. The molecule has 31 heavy (non-hydrogen) atoms. The number of fused-ring (bicyclic) bond motifs is 5. The standard InChI is InChI=1S/C22H26N4O5/c1-9-19(28)15-14(20(29)21(9)30-3)13(8-27)26-12(7-23)11-6-10-16(24(11)2)18(26)17(15)25-4-5-31-22(10)25/h10-13,16-18,22,27H,4-6,8H2,1-3H3/t10-,11+,12-,13-,16+,17+,18+,22+/m0/s1. The van der Waals surface area contributed by atoms with Crippen LogP contribution < -0.4 is 0 Å². The number of piperazine rings is 1. The Morgan fingerprint density at radius 2 is 2.03 bits per heavy atom. The summed E-state index contributed by atoms with van der Waals surface area (Å²) < 4.78 is 11.5. The molecule has 0 aromatic heterocycles. The molecule has 6 rings (SSSR count). The van der Waals surface area contributed by atoms with Gasteiger partial charge in [0.1, 0.15) is 12.3 Å². The molecule has 8 atom stereocenters. The molecule has 9 heteroatoms. The van der Waals surface area contributed by atoms with E-state index in [1.165, 1.54) is 7.11 Å². The highest BCUT2D eigenvalue weighted by atomic mass is 16.5. The molecular formula is C22H26N4O5. The van der Waals surface area contributed by atoms with Crippen molar-refractivity contribution in [1.29, 1.82) is 5.26 Å². The third kappa shape index (κ3) is 2.12. The Morgan fingerprint density at radius 3 is 2.71 bits per heavy atom. The van der Waals surface area contributed by atoms with E-state index in [0.29, 0.717) is 29.9 Å². The fourth-order valence-corrected chi connectivity index (χ4v) is 7.45. The van der Waals surface area contributed by atoms with E-state index < -0.39 is 12.1 Å². The van der Waals surface area contributed by atoms with Crippen molar-refractivity contribution < 1.29 is 24.2 Å². The number of piperidine rings is 1. The average molecular weight is 426 g/mol.